The second-order valence-electron chi connectivity index (χ2n) is 6.44. The van der Waals surface area contributed by atoms with Gasteiger partial charge in [0.15, 0.2) is 5.75 Å². The van der Waals surface area contributed by atoms with E-state index in [-0.39, 0.29) is 11.3 Å². The Hall–Kier alpha value is -2.96. The SMILES string of the molecule is CNc1nc2c(OC(F)(F)F)ccc(-c3ccccc3C)c2c2c1CCN2. The molecule has 4 nitrogen and oxygen atoms in total. The number of rotatable bonds is 3. The van der Waals surface area contributed by atoms with Gasteiger partial charge in [0.05, 0.1) is 5.69 Å². The number of aryl methyl sites for hydroxylation is 1. The molecule has 140 valence electrons. The molecule has 1 aliphatic rings. The summed E-state index contributed by atoms with van der Waals surface area (Å²) < 4.78 is 43.1. The first-order chi connectivity index (χ1) is 12.9. The minimum absolute atomic E-state index is 0.186. The average Bonchev–Trinajstić information content (AvgIpc) is 3.10. The Morgan fingerprint density at radius 3 is 2.59 bits per heavy atom. The van der Waals surface area contributed by atoms with Gasteiger partial charge in [0.1, 0.15) is 11.3 Å². The zero-order chi connectivity index (χ0) is 19.2. The van der Waals surface area contributed by atoms with Crippen LogP contribution in [0.2, 0.25) is 0 Å². The summed E-state index contributed by atoms with van der Waals surface area (Å²) >= 11 is 0. The van der Waals surface area contributed by atoms with Gasteiger partial charge in [0, 0.05) is 24.5 Å². The van der Waals surface area contributed by atoms with Gasteiger partial charge in [-0.1, -0.05) is 24.3 Å². The minimum Gasteiger partial charge on any atom is -0.403 e. The molecule has 0 unspecified atom stereocenters. The van der Waals surface area contributed by atoms with Crippen molar-refractivity contribution in [3.63, 3.8) is 0 Å². The summed E-state index contributed by atoms with van der Waals surface area (Å²) in [5.41, 5.74) is 4.80. The lowest BCUT2D eigenvalue weighted by Crippen LogP contribution is -2.17. The molecule has 4 rings (SSSR count). The van der Waals surface area contributed by atoms with Gasteiger partial charge in [0.2, 0.25) is 0 Å². The van der Waals surface area contributed by atoms with E-state index in [9.17, 15) is 13.2 Å². The summed E-state index contributed by atoms with van der Waals surface area (Å²) in [6, 6.07) is 10.8. The number of aromatic nitrogens is 1. The topological polar surface area (TPSA) is 46.2 Å². The van der Waals surface area contributed by atoms with Crippen LogP contribution in [-0.4, -0.2) is 24.9 Å². The lowest BCUT2D eigenvalue weighted by Gasteiger charge is -2.18. The highest BCUT2D eigenvalue weighted by molar-refractivity contribution is 6.08. The molecule has 2 heterocycles. The zero-order valence-corrected chi connectivity index (χ0v) is 14.9. The number of pyridine rings is 1. The molecular formula is C20H18F3N3O. The van der Waals surface area contributed by atoms with E-state index in [1.165, 1.54) is 6.07 Å². The first kappa shape index (κ1) is 17.5. The van der Waals surface area contributed by atoms with Crippen LogP contribution < -0.4 is 15.4 Å². The molecule has 0 amide bonds. The molecule has 1 aromatic heterocycles. The van der Waals surface area contributed by atoms with Gasteiger partial charge in [-0.3, -0.25) is 0 Å². The highest BCUT2D eigenvalue weighted by Gasteiger charge is 2.33. The van der Waals surface area contributed by atoms with Gasteiger partial charge in [-0.25, -0.2) is 4.98 Å². The van der Waals surface area contributed by atoms with Crippen molar-refractivity contribution in [1.82, 2.24) is 4.98 Å². The van der Waals surface area contributed by atoms with Gasteiger partial charge < -0.3 is 15.4 Å². The van der Waals surface area contributed by atoms with Crippen LogP contribution in [0.1, 0.15) is 11.1 Å². The Morgan fingerprint density at radius 1 is 1.11 bits per heavy atom. The lowest BCUT2D eigenvalue weighted by molar-refractivity contribution is -0.274. The van der Waals surface area contributed by atoms with Crippen LogP contribution in [0.15, 0.2) is 36.4 Å². The molecule has 0 saturated carbocycles. The second-order valence-corrected chi connectivity index (χ2v) is 6.44. The predicted molar refractivity (Wildman–Crippen MR) is 100 cm³/mol. The fourth-order valence-corrected chi connectivity index (χ4v) is 3.65. The van der Waals surface area contributed by atoms with Crippen LogP contribution in [-0.2, 0) is 6.42 Å². The van der Waals surface area contributed by atoms with Crippen LogP contribution in [0.4, 0.5) is 24.7 Å². The van der Waals surface area contributed by atoms with Gasteiger partial charge in [0.25, 0.3) is 0 Å². The summed E-state index contributed by atoms with van der Waals surface area (Å²) in [7, 11) is 1.71. The van der Waals surface area contributed by atoms with E-state index >= 15 is 0 Å². The number of alkyl halides is 3. The molecule has 7 heteroatoms. The van der Waals surface area contributed by atoms with Crippen LogP contribution in [0.3, 0.4) is 0 Å². The summed E-state index contributed by atoms with van der Waals surface area (Å²) in [6.45, 7) is 2.69. The second kappa shape index (κ2) is 6.33. The Bertz CT molecular complexity index is 1030. The predicted octanol–water partition coefficient (Wildman–Crippen LogP) is 5.12. The van der Waals surface area contributed by atoms with E-state index in [1.807, 2.05) is 31.2 Å². The number of fused-ring (bicyclic) bond motifs is 3. The first-order valence-electron chi connectivity index (χ1n) is 8.62. The molecule has 0 fully saturated rings. The Morgan fingerprint density at radius 2 is 1.89 bits per heavy atom. The molecule has 27 heavy (non-hydrogen) atoms. The van der Waals surface area contributed by atoms with Crippen LogP contribution >= 0.6 is 0 Å². The van der Waals surface area contributed by atoms with Gasteiger partial charge in [-0.15, -0.1) is 13.2 Å². The summed E-state index contributed by atoms with van der Waals surface area (Å²) in [4.78, 5) is 4.49. The van der Waals surface area contributed by atoms with E-state index in [0.29, 0.717) is 17.7 Å². The van der Waals surface area contributed by atoms with E-state index in [1.54, 1.807) is 13.1 Å². The van der Waals surface area contributed by atoms with Crippen LogP contribution in [0.25, 0.3) is 22.0 Å². The van der Waals surface area contributed by atoms with Gasteiger partial charge >= 0.3 is 6.36 Å². The number of nitrogens with one attached hydrogen (secondary N) is 2. The molecule has 0 aliphatic carbocycles. The van der Waals surface area contributed by atoms with Crippen molar-refractivity contribution in [2.45, 2.75) is 19.7 Å². The first-order valence-corrected chi connectivity index (χ1v) is 8.62. The van der Waals surface area contributed by atoms with Gasteiger partial charge in [-0.2, -0.15) is 0 Å². The van der Waals surface area contributed by atoms with Crippen LogP contribution in [0.5, 0.6) is 5.75 Å². The van der Waals surface area contributed by atoms with Crippen molar-refractivity contribution in [3.8, 4) is 16.9 Å². The average molecular weight is 373 g/mol. The number of hydrogen-bond acceptors (Lipinski definition) is 4. The third kappa shape index (κ3) is 3.03. The number of benzene rings is 2. The highest BCUT2D eigenvalue weighted by atomic mass is 19.4. The molecule has 0 atom stereocenters. The molecule has 1 aliphatic heterocycles. The Labute approximate surface area is 154 Å². The summed E-state index contributed by atoms with van der Waals surface area (Å²) in [6.07, 6.45) is -4.03. The molecule has 0 radical (unpaired) electrons. The number of halogens is 3. The maximum absolute atomic E-state index is 12.9. The maximum Gasteiger partial charge on any atom is 0.573 e. The van der Waals surface area contributed by atoms with Crippen molar-refractivity contribution < 1.29 is 17.9 Å². The molecule has 0 saturated heterocycles. The van der Waals surface area contributed by atoms with E-state index in [0.717, 1.165) is 34.4 Å². The van der Waals surface area contributed by atoms with Crippen molar-refractivity contribution in [2.24, 2.45) is 0 Å². The van der Waals surface area contributed by atoms with Crippen molar-refractivity contribution in [3.05, 3.63) is 47.5 Å². The third-order valence-electron chi connectivity index (χ3n) is 4.78. The number of nitrogens with zero attached hydrogens (tertiary/aromatic N) is 1. The fourth-order valence-electron chi connectivity index (χ4n) is 3.65. The number of anilines is 2. The smallest absolute Gasteiger partial charge is 0.403 e. The van der Waals surface area contributed by atoms with E-state index in [4.69, 9.17) is 0 Å². The molecule has 2 N–H and O–H groups in total. The molecule has 0 bridgehead atoms. The standard InChI is InChI=1S/C20H18F3N3O/c1-11-5-3-4-6-12(11)13-7-8-15(27-20(21,22)23)18-16(13)17-14(9-10-25-17)19(24-2)26-18/h3-8,25H,9-10H2,1-2H3,(H,24,26). The summed E-state index contributed by atoms with van der Waals surface area (Å²) in [5.74, 6) is 0.263. The normalized spacial score (nSPS) is 13.4. The fraction of sp³-hybridized carbons (Fsp3) is 0.250. The van der Waals surface area contributed by atoms with Crippen molar-refractivity contribution in [1.29, 1.82) is 0 Å². The van der Waals surface area contributed by atoms with Gasteiger partial charge in [-0.05, 0) is 42.2 Å². The van der Waals surface area contributed by atoms with E-state index < -0.39 is 6.36 Å². The maximum atomic E-state index is 12.9. The van der Waals surface area contributed by atoms with Crippen molar-refractivity contribution >= 4 is 22.4 Å². The number of hydrogen-bond donors (Lipinski definition) is 2. The molecule has 0 spiro atoms. The monoisotopic (exact) mass is 373 g/mol. The number of ether oxygens (including phenoxy) is 1. The molecule has 2 aromatic carbocycles. The molecular weight excluding hydrogens is 355 g/mol. The zero-order valence-electron chi connectivity index (χ0n) is 14.9. The molecule has 3 aromatic rings. The minimum atomic E-state index is -4.79. The quantitative estimate of drug-likeness (QED) is 0.669. The van der Waals surface area contributed by atoms with E-state index in [2.05, 4.69) is 20.4 Å². The van der Waals surface area contributed by atoms with Crippen molar-refractivity contribution in [2.75, 3.05) is 24.2 Å². The van der Waals surface area contributed by atoms with Crippen LogP contribution in [0, 0.1) is 6.92 Å². The Kier molecular flexibility index (Phi) is 4.09. The lowest BCUT2D eigenvalue weighted by atomic mass is 9.94. The largest absolute Gasteiger partial charge is 0.573 e. The summed E-state index contributed by atoms with van der Waals surface area (Å²) in [5, 5.41) is 6.96. The Balaban J connectivity index is 2.08. The third-order valence-corrected chi connectivity index (χ3v) is 4.78. The highest BCUT2D eigenvalue weighted by Crippen LogP contribution is 2.44.